The van der Waals surface area contributed by atoms with Crippen molar-refractivity contribution < 1.29 is 19.2 Å². The van der Waals surface area contributed by atoms with Crippen molar-refractivity contribution >= 4 is 17.6 Å². The average Bonchev–Trinajstić information content (AvgIpc) is 2.36. The first-order chi connectivity index (χ1) is 9.43. The molecular formula is C12H15N3O5. The molecule has 0 aliphatic heterocycles. The second-order valence-electron chi connectivity index (χ2n) is 3.90. The lowest BCUT2D eigenvalue weighted by molar-refractivity contribution is -0.385. The third-order valence-electron chi connectivity index (χ3n) is 2.33. The van der Waals surface area contributed by atoms with Gasteiger partial charge in [0.25, 0.3) is 11.6 Å². The molecule has 0 bridgehead atoms. The van der Waals surface area contributed by atoms with Crippen LogP contribution >= 0.6 is 0 Å². The fourth-order valence-corrected chi connectivity index (χ4v) is 1.44. The second-order valence-corrected chi connectivity index (χ2v) is 3.90. The highest BCUT2D eigenvalue weighted by Crippen LogP contribution is 2.22. The Hall–Kier alpha value is -2.64. The van der Waals surface area contributed by atoms with Crippen LogP contribution in [0.15, 0.2) is 18.2 Å². The molecule has 0 fully saturated rings. The van der Waals surface area contributed by atoms with E-state index in [9.17, 15) is 19.7 Å². The molecule has 0 aliphatic carbocycles. The summed E-state index contributed by atoms with van der Waals surface area (Å²) in [6, 6.07) is 3.55. The highest BCUT2D eigenvalue weighted by atomic mass is 16.6. The first kappa shape index (κ1) is 15.4. The summed E-state index contributed by atoms with van der Waals surface area (Å²) >= 11 is 0. The summed E-state index contributed by atoms with van der Waals surface area (Å²) < 4.78 is 5.15. The number of carbonyl (C=O) groups is 2. The Labute approximate surface area is 115 Å². The average molecular weight is 281 g/mol. The monoisotopic (exact) mass is 281 g/mol. The molecule has 8 nitrogen and oxygen atoms in total. The summed E-state index contributed by atoms with van der Waals surface area (Å²) in [5.41, 5.74) is 0.403. The number of carbonyl (C=O) groups excluding carboxylic acids is 2. The van der Waals surface area contributed by atoms with Crippen molar-refractivity contribution in [2.45, 2.75) is 13.8 Å². The van der Waals surface area contributed by atoms with Gasteiger partial charge in [0.15, 0.2) is 6.61 Å². The lowest BCUT2D eigenvalue weighted by Crippen LogP contribution is -2.41. The SMILES string of the molecule is CCNC(=O)NC(=O)COc1ccc([N+](=O)[O-])c(C)c1. The molecule has 1 rings (SSSR count). The number of amides is 3. The summed E-state index contributed by atoms with van der Waals surface area (Å²) in [6.45, 7) is 3.34. The summed E-state index contributed by atoms with van der Waals surface area (Å²) in [7, 11) is 0. The summed E-state index contributed by atoms with van der Waals surface area (Å²) in [5.74, 6) is -0.286. The van der Waals surface area contributed by atoms with E-state index in [1.54, 1.807) is 13.8 Å². The Morgan fingerprint density at radius 3 is 2.65 bits per heavy atom. The Kier molecular flexibility index (Phi) is 5.45. The number of hydrogen-bond acceptors (Lipinski definition) is 5. The van der Waals surface area contributed by atoms with Crippen LogP contribution < -0.4 is 15.4 Å². The van der Waals surface area contributed by atoms with Gasteiger partial charge in [0.05, 0.1) is 4.92 Å². The van der Waals surface area contributed by atoms with Gasteiger partial charge in [-0.05, 0) is 26.0 Å². The number of nitro benzene ring substituents is 1. The number of nitro groups is 1. The summed E-state index contributed by atoms with van der Waals surface area (Å²) in [6.07, 6.45) is 0. The van der Waals surface area contributed by atoms with Gasteiger partial charge in [0, 0.05) is 18.2 Å². The number of urea groups is 1. The molecule has 0 saturated carbocycles. The van der Waals surface area contributed by atoms with Crippen molar-refractivity contribution in [3.05, 3.63) is 33.9 Å². The van der Waals surface area contributed by atoms with Gasteiger partial charge in [-0.15, -0.1) is 0 Å². The molecule has 8 heteroatoms. The van der Waals surface area contributed by atoms with E-state index >= 15 is 0 Å². The molecule has 20 heavy (non-hydrogen) atoms. The molecule has 0 spiro atoms. The maximum Gasteiger partial charge on any atom is 0.321 e. The van der Waals surface area contributed by atoms with Crippen molar-refractivity contribution in [2.75, 3.05) is 13.2 Å². The zero-order valence-electron chi connectivity index (χ0n) is 11.1. The minimum absolute atomic E-state index is 0.0240. The maximum atomic E-state index is 11.4. The molecule has 0 atom stereocenters. The van der Waals surface area contributed by atoms with Gasteiger partial charge < -0.3 is 10.1 Å². The maximum absolute atomic E-state index is 11.4. The zero-order chi connectivity index (χ0) is 15.1. The normalized spacial score (nSPS) is 9.70. The summed E-state index contributed by atoms with van der Waals surface area (Å²) in [5, 5.41) is 15.1. The van der Waals surface area contributed by atoms with Crippen LogP contribution in [0.25, 0.3) is 0 Å². The van der Waals surface area contributed by atoms with Crippen LogP contribution in [0.5, 0.6) is 5.75 Å². The molecule has 0 heterocycles. The highest BCUT2D eigenvalue weighted by Gasteiger charge is 2.12. The van der Waals surface area contributed by atoms with Crippen LogP contribution in [-0.4, -0.2) is 30.0 Å². The quantitative estimate of drug-likeness (QED) is 0.620. The minimum atomic E-state index is -0.605. The second kappa shape index (κ2) is 7.07. The smallest absolute Gasteiger partial charge is 0.321 e. The Bertz CT molecular complexity index is 530. The van der Waals surface area contributed by atoms with E-state index < -0.39 is 16.9 Å². The van der Waals surface area contributed by atoms with E-state index in [-0.39, 0.29) is 12.3 Å². The largest absolute Gasteiger partial charge is 0.484 e. The van der Waals surface area contributed by atoms with Gasteiger partial charge in [-0.25, -0.2) is 4.79 Å². The predicted molar refractivity (Wildman–Crippen MR) is 70.5 cm³/mol. The molecule has 3 amide bonds. The number of benzene rings is 1. The Balaban J connectivity index is 2.54. The highest BCUT2D eigenvalue weighted by molar-refractivity contribution is 5.94. The standard InChI is InChI=1S/C12H15N3O5/c1-3-13-12(17)14-11(16)7-20-9-4-5-10(15(18)19)8(2)6-9/h4-6H,3,7H2,1-2H3,(H2,13,14,16,17). The van der Waals surface area contributed by atoms with Gasteiger partial charge in [-0.1, -0.05) is 0 Å². The number of ether oxygens (including phenoxy) is 1. The van der Waals surface area contributed by atoms with E-state index in [1.165, 1.54) is 18.2 Å². The van der Waals surface area contributed by atoms with Crippen molar-refractivity contribution in [3.63, 3.8) is 0 Å². The third-order valence-corrected chi connectivity index (χ3v) is 2.33. The Morgan fingerprint density at radius 1 is 1.40 bits per heavy atom. The molecule has 0 radical (unpaired) electrons. The van der Waals surface area contributed by atoms with E-state index in [2.05, 4.69) is 10.6 Å². The zero-order valence-corrected chi connectivity index (χ0v) is 11.1. The van der Waals surface area contributed by atoms with Crippen LogP contribution in [0.2, 0.25) is 0 Å². The van der Waals surface area contributed by atoms with Crippen LogP contribution in [0, 0.1) is 17.0 Å². The van der Waals surface area contributed by atoms with E-state index in [1.807, 2.05) is 0 Å². The van der Waals surface area contributed by atoms with Crippen LogP contribution in [0.4, 0.5) is 10.5 Å². The fraction of sp³-hybridized carbons (Fsp3) is 0.333. The number of imide groups is 1. The van der Waals surface area contributed by atoms with Crippen LogP contribution in [-0.2, 0) is 4.79 Å². The molecule has 108 valence electrons. The minimum Gasteiger partial charge on any atom is -0.484 e. The summed E-state index contributed by atoms with van der Waals surface area (Å²) in [4.78, 5) is 32.6. The van der Waals surface area contributed by atoms with Gasteiger partial charge >= 0.3 is 6.03 Å². The van der Waals surface area contributed by atoms with Crippen LogP contribution in [0.1, 0.15) is 12.5 Å². The lowest BCUT2D eigenvalue weighted by Gasteiger charge is -2.07. The number of hydrogen-bond donors (Lipinski definition) is 2. The third kappa shape index (κ3) is 4.56. The van der Waals surface area contributed by atoms with Crippen molar-refractivity contribution in [3.8, 4) is 5.75 Å². The number of aryl methyl sites for hydroxylation is 1. The molecule has 0 unspecified atom stereocenters. The molecule has 1 aromatic carbocycles. The first-order valence-corrected chi connectivity index (χ1v) is 5.89. The van der Waals surface area contributed by atoms with E-state index in [4.69, 9.17) is 4.74 Å². The number of nitrogens with one attached hydrogen (secondary N) is 2. The molecule has 0 aliphatic rings. The lowest BCUT2D eigenvalue weighted by atomic mass is 10.2. The molecule has 1 aromatic rings. The first-order valence-electron chi connectivity index (χ1n) is 5.89. The molecule has 0 saturated heterocycles. The van der Waals surface area contributed by atoms with Gasteiger partial charge in [-0.2, -0.15) is 0 Å². The van der Waals surface area contributed by atoms with Gasteiger partial charge in [0.1, 0.15) is 5.75 Å². The molecule has 2 N–H and O–H groups in total. The molecule has 0 aromatic heterocycles. The van der Waals surface area contributed by atoms with E-state index in [0.717, 1.165) is 0 Å². The van der Waals surface area contributed by atoms with Gasteiger partial charge in [0.2, 0.25) is 0 Å². The predicted octanol–water partition coefficient (Wildman–Crippen LogP) is 1.13. The van der Waals surface area contributed by atoms with Gasteiger partial charge in [-0.3, -0.25) is 20.2 Å². The Morgan fingerprint density at radius 2 is 2.10 bits per heavy atom. The topological polar surface area (TPSA) is 111 Å². The molecular weight excluding hydrogens is 266 g/mol. The van der Waals surface area contributed by atoms with Crippen molar-refractivity contribution in [1.82, 2.24) is 10.6 Å². The van der Waals surface area contributed by atoms with E-state index in [0.29, 0.717) is 17.9 Å². The number of nitrogens with zero attached hydrogens (tertiary/aromatic N) is 1. The van der Waals surface area contributed by atoms with Crippen molar-refractivity contribution in [2.24, 2.45) is 0 Å². The fourth-order valence-electron chi connectivity index (χ4n) is 1.44. The number of rotatable bonds is 5. The van der Waals surface area contributed by atoms with Crippen molar-refractivity contribution in [1.29, 1.82) is 0 Å². The van der Waals surface area contributed by atoms with Crippen LogP contribution in [0.3, 0.4) is 0 Å².